The van der Waals surface area contributed by atoms with E-state index in [1.165, 1.54) is 11.5 Å². The molecule has 0 amide bonds. The molecular formula is C10H17ClN4S2. The second kappa shape index (κ2) is 6.33. The lowest BCUT2D eigenvalue weighted by Gasteiger charge is -2.29. The summed E-state index contributed by atoms with van der Waals surface area (Å²) in [5.41, 5.74) is 3.92. The van der Waals surface area contributed by atoms with Crippen molar-refractivity contribution in [3.05, 3.63) is 16.9 Å². The van der Waals surface area contributed by atoms with Gasteiger partial charge in [-0.1, -0.05) is 11.6 Å². The molecule has 0 radical (unpaired) electrons. The summed E-state index contributed by atoms with van der Waals surface area (Å²) in [6.07, 6.45) is 1.70. The van der Waals surface area contributed by atoms with Gasteiger partial charge in [-0.2, -0.15) is 28.6 Å². The zero-order valence-corrected chi connectivity index (χ0v) is 12.1. The molecule has 4 nitrogen and oxygen atoms in total. The molecule has 2 atom stereocenters. The molecule has 2 unspecified atom stereocenters. The molecule has 17 heavy (non-hydrogen) atoms. The molecule has 0 saturated carbocycles. The van der Waals surface area contributed by atoms with Gasteiger partial charge in [-0.3, -0.25) is 16.0 Å². The molecule has 7 heteroatoms. The zero-order chi connectivity index (χ0) is 12.3. The Morgan fingerprint density at radius 3 is 3.12 bits per heavy atom. The molecule has 0 aliphatic carbocycles. The minimum absolute atomic E-state index is 0.0720. The van der Waals surface area contributed by atoms with Crippen LogP contribution in [0.2, 0.25) is 5.02 Å². The predicted octanol–water partition coefficient (Wildman–Crippen LogP) is 1.91. The van der Waals surface area contributed by atoms with Gasteiger partial charge in [0.2, 0.25) is 0 Å². The van der Waals surface area contributed by atoms with Crippen molar-refractivity contribution in [1.82, 2.24) is 15.2 Å². The summed E-state index contributed by atoms with van der Waals surface area (Å²) in [5, 5.41) is 5.43. The number of rotatable bonds is 4. The Morgan fingerprint density at radius 1 is 1.71 bits per heavy atom. The van der Waals surface area contributed by atoms with Crippen molar-refractivity contribution in [1.29, 1.82) is 0 Å². The first-order valence-electron chi connectivity index (χ1n) is 5.64. The van der Waals surface area contributed by atoms with Crippen molar-refractivity contribution in [2.75, 3.05) is 17.3 Å². The molecule has 2 rings (SSSR count). The lowest BCUT2D eigenvalue weighted by atomic mass is 10.1. The van der Waals surface area contributed by atoms with Crippen LogP contribution < -0.4 is 11.3 Å². The van der Waals surface area contributed by atoms with Crippen molar-refractivity contribution >= 4 is 35.1 Å². The number of hydrogen-bond donors (Lipinski definition) is 2. The molecule has 3 N–H and O–H groups in total. The number of aryl methyl sites for hydroxylation is 1. The van der Waals surface area contributed by atoms with Crippen LogP contribution in [0.25, 0.3) is 0 Å². The van der Waals surface area contributed by atoms with E-state index < -0.39 is 0 Å². The standard InChI is InChI=1S/C10H17ClN4S2/c1-2-15-10(7(11)5-13-15)9(14-12)8-6-16-3-4-17-8/h5,8-9,14H,2-4,6,12H2,1H3. The van der Waals surface area contributed by atoms with E-state index >= 15 is 0 Å². The number of nitrogens with one attached hydrogen (secondary N) is 1. The Hall–Kier alpha value is 0.120. The highest BCUT2D eigenvalue weighted by atomic mass is 35.5. The number of nitrogens with two attached hydrogens (primary N) is 1. The summed E-state index contributed by atoms with van der Waals surface area (Å²) in [7, 11) is 0. The molecule has 96 valence electrons. The second-order valence-corrected chi connectivity index (χ2v) is 6.73. The smallest absolute Gasteiger partial charge is 0.0835 e. The molecule has 0 spiro atoms. The van der Waals surface area contributed by atoms with Crippen LogP contribution in [0.3, 0.4) is 0 Å². The highest BCUT2D eigenvalue weighted by molar-refractivity contribution is 8.06. The van der Waals surface area contributed by atoms with Gasteiger partial charge < -0.3 is 0 Å². The molecule has 1 aliphatic rings. The number of hydrogen-bond acceptors (Lipinski definition) is 5. The summed E-state index contributed by atoms with van der Waals surface area (Å²) < 4.78 is 1.92. The summed E-state index contributed by atoms with van der Waals surface area (Å²) in [6.45, 7) is 2.87. The van der Waals surface area contributed by atoms with E-state index in [0.29, 0.717) is 10.3 Å². The molecule has 1 aromatic heterocycles. The Balaban J connectivity index is 2.23. The van der Waals surface area contributed by atoms with E-state index in [1.807, 2.05) is 28.2 Å². The van der Waals surface area contributed by atoms with Crippen LogP contribution in [0, 0.1) is 0 Å². The van der Waals surface area contributed by atoms with Gasteiger partial charge in [0.25, 0.3) is 0 Å². The highest BCUT2D eigenvalue weighted by Crippen LogP contribution is 2.35. The van der Waals surface area contributed by atoms with Gasteiger partial charge in [0.1, 0.15) is 0 Å². The van der Waals surface area contributed by atoms with E-state index in [1.54, 1.807) is 6.20 Å². The maximum absolute atomic E-state index is 6.22. The van der Waals surface area contributed by atoms with Crippen LogP contribution in [0.5, 0.6) is 0 Å². The maximum Gasteiger partial charge on any atom is 0.0835 e. The number of thioether (sulfide) groups is 2. The van der Waals surface area contributed by atoms with E-state index in [9.17, 15) is 0 Å². The van der Waals surface area contributed by atoms with Crippen molar-refractivity contribution < 1.29 is 0 Å². The summed E-state index contributed by atoms with van der Waals surface area (Å²) in [4.78, 5) is 0. The lowest BCUT2D eigenvalue weighted by Crippen LogP contribution is -2.39. The fourth-order valence-corrected chi connectivity index (χ4v) is 5.08. The van der Waals surface area contributed by atoms with Gasteiger partial charge in [-0.05, 0) is 6.92 Å². The van der Waals surface area contributed by atoms with Gasteiger partial charge in [-0.15, -0.1) is 0 Å². The van der Waals surface area contributed by atoms with Crippen LogP contribution in [0.1, 0.15) is 18.7 Å². The molecular weight excluding hydrogens is 276 g/mol. The van der Waals surface area contributed by atoms with Crippen molar-refractivity contribution in [2.45, 2.75) is 24.8 Å². The van der Waals surface area contributed by atoms with Crippen LogP contribution in [-0.4, -0.2) is 32.3 Å². The summed E-state index contributed by atoms with van der Waals surface area (Å²) in [6, 6.07) is 0.0720. The largest absolute Gasteiger partial charge is 0.271 e. The van der Waals surface area contributed by atoms with Gasteiger partial charge in [0, 0.05) is 29.1 Å². The normalized spacial score (nSPS) is 22.6. The van der Waals surface area contributed by atoms with Crippen molar-refractivity contribution in [3.8, 4) is 0 Å². The SMILES string of the molecule is CCn1ncc(Cl)c1C(NN)C1CSCCS1. The third-order valence-corrected chi connectivity index (χ3v) is 5.98. The third-order valence-electron chi connectivity index (χ3n) is 2.82. The average molecular weight is 293 g/mol. The highest BCUT2D eigenvalue weighted by Gasteiger charge is 2.29. The number of halogens is 1. The minimum Gasteiger partial charge on any atom is -0.271 e. The van der Waals surface area contributed by atoms with Crippen LogP contribution in [-0.2, 0) is 6.54 Å². The lowest BCUT2D eigenvalue weighted by molar-refractivity contribution is 0.492. The van der Waals surface area contributed by atoms with E-state index in [2.05, 4.69) is 17.4 Å². The average Bonchev–Trinajstić information content (AvgIpc) is 2.74. The van der Waals surface area contributed by atoms with E-state index in [-0.39, 0.29) is 6.04 Å². The quantitative estimate of drug-likeness (QED) is 0.656. The van der Waals surface area contributed by atoms with Crippen molar-refractivity contribution in [2.24, 2.45) is 5.84 Å². The first-order chi connectivity index (χ1) is 8.27. The first-order valence-corrected chi connectivity index (χ1v) is 8.22. The molecule has 1 saturated heterocycles. The Kier molecular flexibility index (Phi) is 5.05. The third kappa shape index (κ3) is 2.93. The van der Waals surface area contributed by atoms with Gasteiger partial charge in [0.05, 0.1) is 23.0 Å². The second-order valence-electron chi connectivity index (χ2n) is 3.82. The zero-order valence-electron chi connectivity index (χ0n) is 9.73. The molecule has 1 aliphatic heterocycles. The van der Waals surface area contributed by atoms with Crippen LogP contribution in [0.4, 0.5) is 0 Å². The molecule has 1 fully saturated rings. The molecule has 1 aromatic rings. The van der Waals surface area contributed by atoms with Crippen LogP contribution >= 0.6 is 35.1 Å². The maximum atomic E-state index is 6.22. The number of nitrogens with zero attached hydrogens (tertiary/aromatic N) is 2. The van der Waals surface area contributed by atoms with Gasteiger partial charge >= 0.3 is 0 Å². The summed E-state index contributed by atoms with van der Waals surface area (Å²) in [5.74, 6) is 9.21. The fourth-order valence-electron chi connectivity index (χ4n) is 1.99. The topological polar surface area (TPSA) is 55.9 Å². The first kappa shape index (κ1) is 13.5. The number of aromatic nitrogens is 2. The summed E-state index contributed by atoms with van der Waals surface area (Å²) >= 11 is 10.2. The Labute approximate surface area is 115 Å². The molecule has 0 bridgehead atoms. The monoisotopic (exact) mass is 292 g/mol. The van der Waals surface area contributed by atoms with Gasteiger partial charge in [-0.25, -0.2) is 0 Å². The molecule has 0 aromatic carbocycles. The van der Waals surface area contributed by atoms with Crippen LogP contribution in [0.15, 0.2) is 6.20 Å². The Bertz CT molecular complexity index is 365. The van der Waals surface area contributed by atoms with E-state index in [4.69, 9.17) is 17.4 Å². The minimum atomic E-state index is 0.0720. The fraction of sp³-hybridized carbons (Fsp3) is 0.700. The molecule has 2 heterocycles. The van der Waals surface area contributed by atoms with Gasteiger partial charge in [0.15, 0.2) is 0 Å². The number of hydrazine groups is 1. The predicted molar refractivity (Wildman–Crippen MR) is 76.5 cm³/mol. The van der Waals surface area contributed by atoms with E-state index in [0.717, 1.165) is 18.0 Å². The van der Waals surface area contributed by atoms with Crippen molar-refractivity contribution in [3.63, 3.8) is 0 Å². The Morgan fingerprint density at radius 2 is 2.53 bits per heavy atom.